The van der Waals surface area contributed by atoms with Gasteiger partial charge in [-0.1, -0.05) is 6.07 Å². The van der Waals surface area contributed by atoms with Crippen molar-refractivity contribution in [2.45, 2.75) is 19.6 Å². The second kappa shape index (κ2) is 7.54. The van der Waals surface area contributed by atoms with E-state index in [-0.39, 0.29) is 17.2 Å². The number of aromatic nitrogens is 1. The summed E-state index contributed by atoms with van der Waals surface area (Å²) >= 11 is 0. The van der Waals surface area contributed by atoms with Crippen LogP contribution in [0.2, 0.25) is 0 Å². The molecular formula is C21H18F2N2O4. The van der Waals surface area contributed by atoms with Crippen LogP contribution in [0.15, 0.2) is 42.5 Å². The second-order valence-corrected chi connectivity index (χ2v) is 6.72. The van der Waals surface area contributed by atoms with Crippen LogP contribution in [-0.2, 0) is 17.7 Å². The number of hydrogen-bond donors (Lipinski definition) is 1. The minimum Gasteiger partial charge on any atom is -0.465 e. The molecule has 1 aromatic heterocycles. The second-order valence-electron chi connectivity index (χ2n) is 6.72. The minimum absolute atomic E-state index is 0.0571. The Labute approximate surface area is 165 Å². The number of fused-ring (bicyclic) bond motifs is 3. The Morgan fingerprint density at radius 1 is 1.14 bits per heavy atom. The van der Waals surface area contributed by atoms with Gasteiger partial charge in [0.25, 0.3) is 5.91 Å². The van der Waals surface area contributed by atoms with Crippen LogP contribution in [-0.4, -0.2) is 42.0 Å². The molecule has 0 aliphatic carbocycles. The van der Waals surface area contributed by atoms with Crippen LogP contribution in [0.4, 0.5) is 8.78 Å². The van der Waals surface area contributed by atoms with Gasteiger partial charge in [-0.25, -0.2) is 4.79 Å². The van der Waals surface area contributed by atoms with Crippen molar-refractivity contribution in [2.24, 2.45) is 0 Å². The lowest BCUT2D eigenvalue weighted by molar-refractivity contribution is -0.0499. The van der Waals surface area contributed by atoms with Gasteiger partial charge in [0.1, 0.15) is 5.75 Å². The van der Waals surface area contributed by atoms with E-state index in [2.05, 4.69) is 9.72 Å². The summed E-state index contributed by atoms with van der Waals surface area (Å²) in [5.74, 6) is -0.756. The molecule has 1 N–H and O–H groups in total. The summed E-state index contributed by atoms with van der Waals surface area (Å²) in [6.07, 6.45) is 0.622. The number of esters is 1. The standard InChI is InChI=1S/C21H18F2N2O4/c1-28-20(27)13-5-6-17-15(10-13)16-11-25(8-7-18(16)24-17)19(26)12-3-2-4-14(9-12)29-21(22)23/h2-6,9-10,21,24H,7-8,11H2,1H3. The first-order chi connectivity index (χ1) is 14.0. The largest absolute Gasteiger partial charge is 0.465 e. The third-order valence-corrected chi connectivity index (χ3v) is 4.99. The highest BCUT2D eigenvalue weighted by molar-refractivity contribution is 5.97. The summed E-state index contributed by atoms with van der Waals surface area (Å²) in [6.45, 7) is -2.12. The molecule has 4 rings (SSSR count). The fraction of sp³-hybridized carbons (Fsp3) is 0.238. The van der Waals surface area contributed by atoms with Crippen LogP contribution in [0, 0.1) is 0 Å². The number of methoxy groups -OCH3 is 1. The Morgan fingerprint density at radius 3 is 2.72 bits per heavy atom. The molecule has 0 saturated carbocycles. The van der Waals surface area contributed by atoms with Crippen molar-refractivity contribution in [1.82, 2.24) is 9.88 Å². The Morgan fingerprint density at radius 2 is 1.97 bits per heavy atom. The van der Waals surface area contributed by atoms with Crippen LogP contribution in [0.1, 0.15) is 32.0 Å². The zero-order valence-electron chi connectivity index (χ0n) is 15.6. The van der Waals surface area contributed by atoms with Crippen molar-refractivity contribution >= 4 is 22.8 Å². The van der Waals surface area contributed by atoms with Crippen LogP contribution >= 0.6 is 0 Å². The molecule has 3 aromatic rings. The average molecular weight is 400 g/mol. The molecule has 8 heteroatoms. The maximum Gasteiger partial charge on any atom is 0.387 e. The summed E-state index contributed by atoms with van der Waals surface area (Å²) in [4.78, 5) is 29.8. The summed E-state index contributed by atoms with van der Waals surface area (Å²) < 4.78 is 34.1. The number of rotatable bonds is 4. The third kappa shape index (κ3) is 3.65. The van der Waals surface area contributed by atoms with E-state index in [0.717, 1.165) is 22.2 Å². The monoisotopic (exact) mass is 400 g/mol. The summed E-state index contributed by atoms with van der Waals surface area (Å²) in [7, 11) is 1.32. The quantitative estimate of drug-likeness (QED) is 0.677. The molecule has 0 spiro atoms. The van der Waals surface area contributed by atoms with Crippen molar-refractivity contribution in [3.05, 3.63) is 64.8 Å². The van der Waals surface area contributed by atoms with Gasteiger partial charge in [-0.05, 0) is 36.4 Å². The van der Waals surface area contributed by atoms with Gasteiger partial charge in [-0.2, -0.15) is 8.78 Å². The van der Waals surface area contributed by atoms with Crippen molar-refractivity contribution in [3.8, 4) is 5.75 Å². The van der Waals surface area contributed by atoms with Gasteiger partial charge in [-0.15, -0.1) is 0 Å². The van der Waals surface area contributed by atoms with Gasteiger partial charge in [0.15, 0.2) is 0 Å². The predicted molar refractivity (Wildman–Crippen MR) is 101 cm³/mol. The van der Waals surface area contributed by atoms with E-state index in [1.165, 1.54) is 25.3 Å². The van der Waals surface area contributed by atoms with Crippen molar-refractivity contribution in [3.63, 3.8) is 0 Å². The summed E-state index contributed by atoms with van der Waals surface area (Å²) in [5, 5.41) is 0.857. The number of alkyl halides is 2. The highest BCUT2D eigenvalue weighted by Gasteiger charge is 2.25. The lowest BCUT2D eigenvalue weighted by Crippen LogP contribution is -2.35. The van der Waals surface area contributed by atoms with Gasteiger partial charge in [0.05, 0.1) is 12.7 Å². The Bertz CT molecular complexity index is 1090. The van der Waals surface area contributed by atoms with Crippen molar-refractivity contribution < 1.29 is 27.8 Å². The molecule has 1 amide bonds. The lowest BCUT2D eigenvalue weighted by atomic mass is 10.0. The van der Waals surface area contributed by atoms with Gasteiger partial charge in [0.2, 0.25) is 0 Å². The molecule has 0 fully saturated rings. The van der Waals surface area contributed by atoms with Gasteiger partial charge >= 0.3 is 12.6 Å². The Balaban J connectivity index is 1.62. The highest BCUT2D eigenvalue weighted by atomic mass is 19.3. The Kier molecular flexibility index (Phi) is 4.92. The maximum atomic E-state index is 12.9. The molecule has 150 valence electrons. The van der Waals surface area contributed by atoms with E-state index in [9.17, 15) is 18.4 Å². The van der Waals surface area contributed by atoms with Crippen LogP contribution < -0.4 is 4.74 Å². The normalized spacial score (nSPS) is 13.4. The molecule has 1 aliphatic heterocycles. The van der Waals surface area contributed by atoms with E-state index in [1.807, 2.05) is 6.07 Å². The first-order valence-corrected chi connectivity index (χ1v) is 9.02. The first-order valence-electron chi connectivity index (χ1n) is 9.02. The molecule has 2 heterocycles. The average Bonchev–Trinajstić information content (AvgIpc) is 3.09. The lowest BCUT2D eigenvalue weighted by Gasteiger charge is -2.27. The van der Waals surface area contributed by atoms with Crippen molar-refractivity contribution in [1.29, 1.82) is 0 Å². The van der Waals surface area contributed by atoms with E-state index < -0.39 is 12.6 Å². The first kappa shape index (κ1) is 18.9. The van der Waals surface area contributed by atoms with Crippen LogP contribution in [0.25, 0.3) is 10.9 Å². The fourth-order valence-corrected chi connectivity index (χ4v) is 3.62. The van der Waals surface area contributed by atoms with E-state index in [4.69, 9.17) is 4.74 Å². The molecule has 6 nitrogen and oxygen atoms in total. The number of halogens is 2. The molecule has 2 aromatic carbocycles. The SMILES string of the molecule is COC(=O)c1ccc2[nH]c3c(c2c1)CN(C(=O)c1cccc(OC(F)F)c1)CC3. The van der Waals surface area contributed by atoms with E-state index >= 15 is 0 Å². The van der Waals surface area contributed by atoms with Gasteiger partial charge < -0.3 is 19.4 Å². The topological polar surface area (TPSA) is 71.6 Å². The number of benzene rings is 2. The molecular weight excluding hydrogens is 382 g/mol. The number of carbonyl (C=O) groups excluding carboxylic acids is 2. The zero-order valence-corrected chi connectivity index (χ0v) is 15.6. The predicted octanol–water partition coefficient (Wildman–Crippen LogP) is 3.75. The molecule has 0 unspecified atom stereocenters. The molecule has 0 bridgehead atoms. The van der Waals surface area contributed by atoms with E-state index in [1.54, 1.807) is 23.1 Å². The van der Waals surface area contributed by atoms with E-state index in [0.29, 0.717) is 25.1 Å². The Hall–Kier alpha value is -3.42. The minimum atomic E-state index is -2.95. The molecule has 0 atom stereocenters. The number of H-pyrrole nitrogens is 1. The highest BCUT2D eigenvalue weighted by Crippen LogP contribution is 2.30. The summed E-state index contributed by atoms with van der Waals surface area (Å²) in [6, 6.07) is 11.0. The molecule has 29 heavy (non-hydrogen) atoms. The summed E-state index contributed by atoms with van der Waals surface area (Å²) in [5.41, 5.74) is 3.54. The number of amides is 1. The zero-order chi connectivity index (χ0) is 20.5. The number of nitrogens with zero attached hydrogens (tertiary/aromatic N) is 1. The van der Waals surface area contributed by atoms with Gasteiger partial charge in [-0.3, -0.25) is 4.79 Å². The maximum absolute atomic E-state index is 12.9. The van der Waals surface area contributed by atoms with Gasteiger partial charge in [0, 0.05) is 47.2 Å². The molecule has 1 aliphatic rings. The third-order valence-electron chi connectivity index (χ3n) is 4.99. The smallest absolute Gasteiger partial charge is 0.387 e. The molecule has 0 saturated heterocycles. The molecule has 0 radical (unpaired) electrons. The van der Waals surface area contributed by atoms with Crippen molar-refractivity contribution in [2.75, 3.05) is 13.7 Å². The van der Waals surface area contributed by atoms with Crippen LogP contribution in [0.5, 0.6) is 5.75 Å². The number of nitrogens with one attached hydrogen (secondary N) is 1. The fourth-order valence-electron chi connectivity index (χ4n) is 3.62. The number of ether oxygens (including phenoxy) is 2. The number of carbonyl (C=O) groups is 2. The van der Waals surface area contributed by atoms with Crippen LogP contribution in [0.3, 0.4) is 0 Å². The number of hydrogen-bond acceptors (Lipinski definition) is 4. The number of aromatic amines is 1.